The van der Waals surface area contributed by atoms with Crippen LogP contribution in [0, 0.1) is 0 Å². The van der Waals surface area contributed by atoms with Gasteiger partial charge in [-0.2, -0.15) is 0 Å². The Morgan fingerprint density at radius 1 is 1.39 bits per heavy atom. The molecule has 3 nitrogen and oxygen atoms in total. The van der Waals surface area contributed by atoms with Crippen LogP contribution < -0.4 is 5.32 Å². The Labute approximate surface area is 111 Å². The third-order valence-electron chi connectivity index (χ3n) is 3.01. The van der Waals surface area contributed by atoms with Crippen molar-refractivity contribution >= 4 is 21.4 Å². The number of rotatable bonds is 6. The maximum absolute atomic E-state index is 10.6. The highest BCUT2D eigenvalue weighted by molar-refractivity contribution is 7.17. The van der Waals surface area contributed by atoms with Gasteiger partial charge >= 0.3 is 0 Å². The summed E-state index contributed by atoms with van der Waals surface area (Å²) in [6.45, 7) is 3.76. The number of fused-ring (bicyclic) bond motifs is 1. The van der Waals surface area contributed by atoms with Crippen molar-refractivity contribution in [3.05, 3.63) is 35.2 Å². The number of methoxy groups -OCH3 is 1. The number of hydrogen-bond acceptors (Lipinski definition) is 4. The predicted molar refractivity (Wildman–Crippen MR) is 76.1 cm³/mol. The standard InChI is InChI=1S/C14H19NO2S/c1-14(16,10-15-7-8-17-2)12-5-3-4-11-6-9-18-13(11)12/h3-6,9,15-16H,7-8,10H2,1-2H3. The third-order valence-corrected chi connectivity index (χ3v) is 3.97. The lowest BCUT2D eigenvalue weighted by Crippen LogP contribution is -2.36. The Morgan fingerprint density at radius 2 is 2.22 bits per heavy atom. The van der Waals surface area contributed by atoms with Crippen LogP contribution in [-0.4, -0.2) is 31.9 Å². The van der Waals surface area contributed by atoms with Crippen LogP contribution in [0.1, 0.15) is 12.5 Å². The van der Waals surface area contributed by atoms with E-state index in [1.807, 2.05) is 19.1 Å². The first-order valence-electron chi connectivity index (χ1n) is 6.04. The Morgan fingerprint density at radius 3 is 3.00 bits per heavy atom. The molecule has 1 heterocycles. The second-order valence-electron chi connectivity index (χ2n) is 4.59. The largest absolute Gasteiger partial charge is 0.384 e. The van der Waals surface area contributed by atoms with Gasteiger partial charge in [0.15, 0.2) is 0 Å². The molecule has 0 aliphatic rings. The minimum absolute atomic E-state index is 0.521. The molecule has 2 rings (SSSR count). The van der Waals surface area contributed by atoms with E-state index in [-0.39, 0.29) is 0 Å². The zero-order chi connectivity index (χ0) is 13.0. The van der Waals surface area contributed by atoms with E-state index in [0.717, 1.165) is 16.8 Å². The van der Waals surface area contributed by atoms with E-state index in [2.05, 4.69) is 22.8 Å². The number of thiophene rings is 1. The zero-order valence-corrected chi connectivity index (χ0v) is 11.6. The van der Waals surface area contributed by atoms with Gasteiger partial charge in [-0.3, -0.25) is 0 Å². The van der Waals surface area contributed by atoms with Crippen LogP contribution in [0.25, 0.3) is 10.1 Å². The fraction of sp³-hybridized carbons (Fsp3) is 0.429. The van der Waals surface area contributed by atoms with Crippen molar-refractivity contribution in [3.8, 4) is 0 Å². The molecule has 0 fully saturated rings. The van der Waals surface area contributed by atoms with Gasteiger partial charge in [0, 0.05) is 30.5 Å². The van der Waals surface area contributed by atoms with Gasteiger partial charge < -0.3 is 15.2 Å². The summed E-state index contributed by atoms with van der Waals surface area (Å²) in [5.74, 6) is 0. The maximum Gasteiger partial charge on any atom is 0.101 e. The minimum atomic E-state index is -0.863. The van der Waals surface area contributed by atoms with E-state index in [1.54, 1.807) is 18.4 Å². The lowest BCUT2D eigenvalue weighted by atomic mass is 9.95. The van der Waals surface area contributed by atoms with Gasteiger partial charge in [0.25, 0.3) is 0 Å². The van der Waals surface area contributed by atoms with E-state index >= 15 is 0 Å². The Balaban J connectivity index is 2.15. The van der Waals surface area contributed by atoms with Crippen molar-refractivity contribution in [2.45, 2.75) is 12.5 Å². The highest BCUT2D eigenvalue weighted by Gasteiger charge is 2.25. The highest BCUT2D eigenvalue weighted by Crippen LogP contribution is 2.31. The SMILES string of the molecule is COCCNCC(C)(O)c1cccc2ccsc12. The van der Waals surface area contributed by atoms with Crippen molar-refractivity contribution in [2.24, 2.45) is 0 Å². The smallest absolute Gasteiger partial charge is 0.101 e. The summed E-state index contributed by atoms with van der Waals surface area (Å²) in [5.41, 5.74) is 0.123. The number of aliphatic hydroxyl groups is 1. The van der Waals surface area contributed by atoms with Crippen molar-refractivity contribution in [2.75, 3.05) is 26.8 Å². The summed E-state index contributed by atoms with van der Waals surface area (Å²) in [6.07, 6.45) is 0. The molecule has 0 spiro atoms. The minimum Gasteiger partial charge on any atom is -0.384 e. The van der Waals surface area contributed by atoms with Crippen LogP contribution in [0.3, 0.4) is 0 Å². The molecule has 0 saturated carbocycles. The van der Waals surface area contributed by atoms with E-state index in [4.69, 9.17) is 4.74 Å². The topological polar surface area (TPSA) is 41.5 Å². The Hall–Kier alpha value is -0.940. The van der Waals surface area contributed by atoms with E-state index < -0.39 is 5.60 Å². The van der Waals surface area contributed by atoms with Gasteiger partial charge in [0.1, 0.15) is 5.60 Å². The van der Waals surface area contributed by atoms with E-state index in [9.17, 15) is 5.11 Å². The molecule has 0 aliphatic carbocycles. The van der Waals surface area contributed by atoms with Crippen LogP contribution in [0.2, 0.25) is 0 Å². The van der Waals surface area contributed by atoms with E-state index in [0.29, 0.717) is 13.2 Å². The van der Waals surface area contributed by atoms with Gasteiger partial charge in [0.2, 0.25) is 0 Å². The van der Waals surface area contributed by atoms with Gasteiger partial charge in [0.05, 0.1) is 6.61 Å². The summed E-state index contributed by atoms with van der Waals surface area (Å²) in [4.78, 5) is 0. The first-order chi connectivity index (χ1) is 8.65. The zero-order valence-electron chi connectivity index (χ0n) is 10.8. The number of nitrogens with one attached hydrogen (secondary N) is 1. The molecule has 98 valence electrons. The number of benzene rings is 1. The molecule has 0 amide bonds. The quantitative estimate of drug-likeness (QED) is 0.788. The first-order valence-corrected chi connectivity index (χ1v) is 6.92. The molecule has 0 bridgehead atoms. The lowest BCUT2D eigenvalue weighted by Gasteiger charge is -2.25. The summed E-state index contributed by atoms with van der Waals surface area (Å²) in [5, 5.41) is 17.1. The first kappa shape index (κ1) is 13.5. The highest BCUT2D eigenvalue weighted by atomic mass is 32.1. The van der Waals surface area contributed by atoms with Crippen LogP contribution >= 0.6 is 11.3 Å². The van der Waals surface area contributed by atoms with Crippen LogP contribution in [0.15, 0.2) is 29.6 Å². The molecular weight excluding hydrogens is 246 g/mol. The normalized spacial score (nSPS) is 14.8. The molecule has 18 heavy (non-hydrogen) atoms. The summed E-state index contributed by atoms with van der Waals surface area (Å²) in [7, 11) is 1.67. The second kappa shape index (κ2) is 5.80. The molecule has 0 aliphatic heterocycles. The lowest BCUT2D eigenvalue weighted by molar-refractivity contribution is 0.0566. The molecule has 0 saturated heterocycles. The van der Waals surface area contributed by atoms with Crippen molar-refractivity contribution in [1.29, 1.82) is 0 Å². The average Bonchev–Trinajstić information content (AvgIpc) is 2.82. The van der Waals surface area contributed by atoms with Crippen LogP contribution in [0.4, 0.5) is 0 Å². The Bertz CT molecular complexity index is 507. The van der Waals surface area contributed by atoms with Crippen LogP contribution in [0.5, 0.6) is 0 Å². The van der Waals surface area contributed by atoms with E-state index in [1.165, 1.54) is 5.39 Å². The second-order valence-corrected chi connectivity index (χ2v) is 5.50. The fourth-order valence-corrected chi connectivity index (χ4v) is 3.06. The predicted octanol–water partition coefficient (Wildman–Crippen LogP) is 2.34. The van der Waals surface area contributed by atoms with Gasteiger partial charge in [-0.25, -0.2) is 0 Å². The third kappa shape index (κ3) is 2.90. The molecule has 1 unspecified atom stereocenters. The fourth-order valence-electron chi connectivity index (χ4n) is 2.02. The summed E-state index contributed by atoms with van der Waals surface area (Å²) >= 11 is 1.67. The number of hydrogen-bond donors (Lipinski definition) is 2. The molecule has 0 radical (unpaired) electrons. The molecule has 1 aromatic heterocycles. The van der Waals surface area contributed by atoms with Gasteiger partial charge in [-0.15, -0.1) is 11.3 Å². The molecular formula is C14H19NO2S. The van der Waals surface area contributed by atoms with Crippen LogP contribution in [-0.2, 0) is 10.3 Å². The monoisotopic (exact) mass is 265 g/mol. The summed E-state index contributed by atoms with van der Waals surface area (Å²) < 4.78 is 6.14. The average molecular weight is 265 g/mol. The molecule has 4 heteroatoms. The van der Waals surface area contributed by atoms with Crippen molar-refractivity contribution in [3.63, 3.8) is 0 Å². The molecule has 1 aromatic carbocycles. The Kier molecular flexibility index (Phi) is 4.35. The molecule has 2 N–H and O–H groups in total. The van der Waals surface area contributed by atoms with Crippen molar-refractivity contribution in [1.82, 2.24) is 5.32 Å². The maximum atomic E-state index is 10.6. The summed E-state index contributed by atoms with van der Waals surface area (Å²) in [6, 6.07) is 8.15. The number of ether oxygens (including phenoxy) is 1. The van der Waals surface area contributed by atoms with Gasteiger partial charge in [-0.05, 0) is 23.8 Å². The van der Waals surface area contributed by atoms with Gasteiger partial charge in [-0.1, -0.05) is 18.2 Å². The molecule has 2 aromatic rings. The molecule has 1 atom stereocenters. The van der Waals surface area contributed by atoms with Crippen molar-refractivity contribution < 1.29 is 9.84 Å².